The van der Waals surface area contributed by atoms with E-state index < -0.39 is 0 Å². The molecule has 1 saturated heterocycles. The van der Waals surface area contributed by atoms with Gasteiger partial charge in [-0.15, -0.1) is 0 Å². The molecule has 5 nitrogen and oxygen atoms in total. The van der Waals surface area contributed by atoms with E-state index in [1.807, 2.05) is 34.9 Å². The number of aryl methyl sites for hydroxylation is 1. The Morgan fingerprint density at radius 1 is 1.17 bits per heavy atom. The summed E-state index contributed by atoms with van der Waals surface area (Å²) in [5.74, 6) is 0. The van der Waals surface area contributed by atoms with Gasteiger partial charge in [0.15, 0.2) is 0 Å². The fraction of sp³-hybridized carbons (Fsp3) is 0.333. The molecule has 0 aliphatic carbocycles. The molecule has 5 heteroatoms. The molecule has 1 atom stereocenters. The maximum absolute atomic E-state index is 4.32. The Hall–Kier alpha value is -2.40. The first-order valence-electron chi connectivity index (χ1n) is 8.11. The summed E-state index contributed by atoms with van der Waals surface area (Å²) in [6, 6.07) is 11.1. The number of benzene rings is 1. The van der Waals surface area contributed by atoms with Crippen molar-refractivity contribution in [1.29, 1.82) is 0 Å². The summed E-state index contributed by atoms with van der Waals surface area (Å²) in [4.78, 5) is 2.56. The van der Waals surface area contributed by atoms with Crippen molar-refractivity contribution in [3.63, 3.8) is 0 Å². The normalized spacial score (nSPS) is 18.6. The third-order valence-electron chi connectivity index (χ3n) is 4.56. The lowest BCUT2D eigenvalue weighted by molar-refractivity contribution is 0.248. The van der Waals surface area contributed by atoms with Crippen molar-refractivity contribution in [2.75, 3.05) is 6.54 Å². The van der Waals surface area contributed by atoms with Gasteiger partial charge in [-0.1, -0.05) is 12.1 Å². The van der Waals surface area contributed by atoms with Crippen molar-refractivity contribution in [2.24, 2.45) is 7.05 Å². The first-order chi connectivity index (χ1) is 11.3. The van der Waals surface area contributed by atoms with Gasteiger partial charge < -0.3 is 0 Å². The van der Waals surface area contributed by atoms with Crippen LogP contribution in [0.1, 0.15) is 30.0 Å². The van der Waals surface area contributed by atoms with Crippen LogP contribution < -0.4 is 0 Å². The molecule has 118 valence electrons. The van der Waals surface area contributed by atoms with E-state index in [0.717, 1.165) is 18.8 Å². The number of nitrogens with zero attached hydrogens (tertiary/aromatic N) is 5. The lowest BCUT2D eigenvalue weighted by Gasteiger charge is -2.23. The zero-order chi connectivity index (χ0) is 15.6. The highest BCUT2D eigenvalue weighted by Gasteiger charge is 2.26. The van der Waals surface area contributed by atoms with Crippen LogP contribution in [0.15, 0.2) is 55.1 Å². The minimum Gasteiger partial charge on any atom is -0.292 e. The second kappa shape index (κ2) is 6.01. The minimum atomic E-state index is 0.495. The van der Waals surface area contributed by atoms with Crippen LogP contribution >= 0.6 is 0 Å². The molecule has 0 saturated carbocycles. The van der Waals surface area contributed by atoms with Crippen molar-refractivity contribution in [3.8, 4) is 5.69 Å². The summed E-state index contributed by atoms with van der Waals surface area (Å²) < 4.78 is 3.78. The molecule has 0 bridgehead atoms. The monoisotopic (exact) mass is 307 g/mol. The Kier molecular flexibility index (Phi) is 3.71. The smallest absolute Gasteiger partial charge is 0.0645 e. The lowest BCUT2D eigenvalue weighted by atomic mass is 10.1. The van der Waals surface area contributed by atoms with Crippen molar-refractivity contribution < 1.29 is 0 Å². The van der Waals surface area contributed by atoms with Crippen LogP contribution in [0, 0.1) is 0 Å². The van der Waals surface area contributed by atoms with Crippen LogP contribution in [0.4, 0.5) is 0 Å². The van der Waals surface area contributed by atoms with Gasteiger partial charge in [0.05, 0.1) is 11.9 Å². The highest BCUT2D eigenvalue weighted by Crippen LogP contribution is 2.32. The molecule has 0 amide bonds. The van der Waals surface area contributed by atoms with Gasteiger partial charge in [-0.3, -0.25) is 9.58 Å². The molecule has 23 heavy (non-hydrogen) atoms. The van der Waals surface area contributed by atoms with Crippen LogP contribution in [0.5, 0.6) is 0 Å². The van der Waals surface area contributed by atoms with Crippen molar-refractivity contribution >= 4 is 0 Å². The fourth-order valence-corrected chi connectivity index (χ4v) is 3.42. The summed E-state index contributed by atoms with van der Waals surface area (Å²) in [7, 11) is 1.98. The lowest BCUT2D eigenvalue weighted by Crippen LogP contribution is -2.22. The predicted molar refractivity (Wildman–Crippen MR) is 89.2 cm³/mol. The minimum absolute atomic E-state index is 0.495. The summed E-state index contributed by atoms with van der Waals surface area (Å²) in [5.41, 5.74) is 3.78. The van der Waals surface area contributed by atoms with E-state index in [2.05, 4.69) is 45.6 Å². The SMILES string of the molecule is Cn1cc([C@H]2CCCN2Cc2ccc(-n3cccn3)cc2)cn1. The van der Waals surface area contributed by atoms with Gasteiger partial charge in [0.2, 0.25) is 0 Å². The van der Waals surface area contributed by atoms with E-state index in [9.17, 15) is 0 Å². The number of rotatable bonds is 4. The third-order valence-corrected chi connectivity index (χ3v) is 4.56. The topological polar surface area (TPSA) is 38.9 Å². The molecular weight excluding hydrogens is 286 g/mol. The van der Waals surface area contributed by atoms with Crippen molar-refractivity contribution in [1.82, 2.24) is 24.5 Å². The maximum atomic E-state index is 4.32. The van der Waals surface area contributed by atoms with Crippen LogP contribution in [0.25, 0.3) is 5.69 Å². The second-order valence-corrected chi connectivity index (χ2v) is 6.19. The van der Waals surface area contributed by atoms with Gasteiger partial charge in [0.1, 0.15) is 0 Å². The average Bonchev–Trinajstić information content (AvgIpc) is 3.29. The summed E-state index contributed by atoms with van der Waals surface area (Å²) in [6.07, 6.45) is 10.4. The summed E-state index contributed by atoms with van der Waals surface area (Å²) in [6.45, 7) is 2.14. The molecular formula is C18H21N5. The maximum Gasteiger partial charge on any atom is 0.0645 e. The average molecular weight is 307 g/mol. The Morgan fingerprint density at radius 2 is 2.04 bits per heavy atom. The van der Waals surface area contributed by atoms with E-state index in [1.165, 1.54) is 24.0 Å². The van der Waals surface area contributed by atoms with Crippen molar-refractivity contribution in [3.05, 3.63) is 66.2 Å². The zero-order valence-corrected chi connectivity index (χ0v) is 13.3. The standard InChI is InChI=1S/C18H21N5/c1-21-14-16(12-20-21)18-4-2-10-22(18)13-15-5-7-17(8-6-15)23-11-3-9-19-23/h3,5-9,11-12,14,18H,2,4,10,13H2,1H3/t18-/m1/s1. The molecule has 1 aliphatic rings. The predicted octanol–water partition coefficient (Wildman–Crippen LogP) is 2.94. The van der Waals surface area contributed by atoms with E-state index >= 15 is 0 Å². The first kappa shape index (κ1) is 14.2. The highest BCUT2D eigenvalue weighted by molar-refractivity contribution is 5.33. The molecule has 2 aromatic heterocycles. The van der Waals surface area contributed by atoms with Crippen LogP contribution in [-0.4, -0.2) is 31.0 Å². The van der Waals surface area contributed by atoms with Gasteiger partial charge in [0.25, 0.3) is 0 Å². The largest absolute Gasteiger partial charge is 0.292 e. The molecule has 3 aromatic rings. The molecule has 1 aromatic carbocycles. The van der Waals surface area contributed by atoms with Gasteiger partial charge in [-0.05, 0) is 43.1 Å². The molecule has 3 heterocycles. The highest BCUT2D eigenvalue weighted by atomic mass is 15.3. The number of aromatic nitrogens is 4. The van der Waals surface area contributed by atoms with Gasteiger partial charge in [0, 0.05) is 43.8 Å². The molecule has 0 spiro atoms. The Labute approximate surface area is 136 Å². The number of hydrogen-bond acceptors (Lipinski definition) is 3. The molecule has 0 radical (unpaired) electrons. The van der Waals surface area contributed by atoms with Crippen molar-refractivity contribution in [2.45, 2.75) is 25.4 Å². The fourth-order valence-electron chi connectivity index (χ4n) is 3.42. The van der Waals surface area contributed by atoms with E-state index in [1.54, 1.807) is 6.20 Å². The Bertz CT molecular complexity index is 757. The third kappa shape index (κ3) is 2.92. The molecule has 0 N–H and O–H groups in total. The van der Waals surface area contributed by atoms with E-state index in [-0.39, 0.29) is 0 Å². The summed E-state index contributed by atoms with van der Waals surface area (Å²) in [5, 5.41) is 8.59. The Morgan fingerprint density at radius 3 is 2.74 bits per heavy atom. The van der Waals surface area contributed by atoms with Crippen LogP contribution in [0.2, 0.25) is 0 Å². The zero-order valence-electron chi connectivity index (χ0n) is 13.3. The number of likely N-dealkylation sites (tertiary alicyclic amines) is 1. The molecule has 1 fully saturated rings. The van der Waals surface area contributed by atoms with Gasteiger partial charge >= 0.3 is 0 Å². The van der Waals surface area contributed by atoms with Gasteiger partial charge in [-0.2, -0.15) is 10.2 Å². The van der Waals surface area contributed by atoms with Crippen LogP contribution in [-0.2, 0) is 13.6 Å². The number of hydrogen-bond donors (Lipinski definition) is 0. The Balaban J connectivity index is 1.49. The molecule has 1 aliphatic heterocycles. The van der Waals surface area contributed by atoms with Crippen LogP contribution in [0.3, 0.4) is 0 Å². The molecule has 0 unspecified atom stereocenters. The summed E-state index contributed by atoms with van der Waals surface area (Å²) >= 11 is 0. The van der Waals surface area contributed by atoms with E-state index in [0.29, 0.717) is 6.04 Å². The first-order valence-corrected chi connectivity index (χ1v) is 8.11. The van der Waals surface area contributed by atoms with E-state index in [4.69, 9.17) is 0 Å². The van der Waals surface area contributed by atoms with Gasteiger partial charge in [-0.25, -0.2) is 4.68 Å². The second-order valence-electron chi connectivity index (χ2n) is 6.19. The quantitative estimate of drug-likeness (QED) is 0.744. The molecule has 4 rings (SSSR count).